The lowest BCUT2D eigenvalue weighted by Crippen LogP contribution is -2.25. The summed E-state index contributed by atoms with van der Waals surface area (Å²) in [6, 6.07) is 6.26. The molecule has 0 bridgehead atoms. The van der Waals surface area contributed by atoms with Crippen molar-refractivity contribution in [3.8, 4) is 5.75 Å². The number of aryl methyl sites for hydroxylation is 1. The van der Waals surface area contributed by atoms with Gasteiger partial charge in [-0.15, -0.1) is 0 Å². The van der Waals surface area contributed by atoms with Crippen molar-refractivity contribution in [1.82, 2.24) is 0 Å². The maximum atomic E-state index is 8.63. The van der Waals surface area contributed by atoms with Crippen LogP contribution in [0.2, 0.25) is 0 Å². The summed E-state index contributed by atoms with van der Waals surface area (Å²) in [5, 5.41) is 11.6. The summed E-state index contributed by atoms with van der Waals surface area (Å²) in [6.45, 7) is 10.6. The first-order chi connectivity index (χ1) is 9.27. The van der Waals surface area contributed by atoms with Gasteiger partial charge in [-0.3, -0.25) is 0 Å². The van der Waals surface area contributed by atoms with E-state index in [1.807, 2.05) is 19.9 Å². The summed E-state index contributed by atoms with van der Waals surface area (Å²) in [5.74, 6) is 1.05. The molecule has 0 spiro atoms. The second kappa shape index (κ2) is 6.64. The largest absolute Gasteiger partial charge is 0.490 e. The Hall–Kier alpha value is -1.71. The van der Waals surface area contributed by atoms with E-state index in [4.69, 9.17) is 15.7 Å². The fraction of sp³-hybridized carbons (Fsp3) is 0.562. The first-order valence-electron chi connectivity index (χ1n) is 7.02. The summed E-state index contributed by atoms with van der Waals surface area (Å²) >= 11 is 0. The molecule has 0 fully saturated rings. The summed E-state index contributed by atoms with van der Waals surface area (Å²) < 4.78 is 5.96. The topological polar surface area (TPSA) is 67.8 Å². The molecular formula is C16H26N2O2. The molecule has 0 radical (unpaired) electrons. The van der Waals surface area contributed by atoms with E-state index in [-0.39, 0.29) is 17.4 Å². The Kier molecular flexibility index (Phi) is 5.43. The van der Waals surface area contributed by atoms with Crippen molar-refractivity contribution in [1.29, 1.82) is 0 Å². The fourth-order valence-electron chi connectivity index (χ4n) is 1.97. The minimum absolute atomic E-state index is 0.0786. The third-order valence-corrected chi connectivity index (χ3v) is 3.36. The molecule has 4 nitrogen and oxygen atoms in total. The van der Waals surface area contributed by atoms with Crippen molar-refractivity contribution in [3.05, 3.63) is 29.3 Å². The van der Waals surface area contributed by atoms with Gasteiger partial charge in [0.1, 0.15) is 17.7 Å². The maximum Gasteiger partial charge on any atom is 0.142 e. The lowest BCUT2D eigenvalue weighted by atomic mass is 9.86. The molecule has 112 valence electrons. The molecule has 0 amide bonds. The highest BCUT2D eigenvalue weighted by atomic mass is 16.5. The Labute approximate surface area is 121 Å². The van der Waals surface area contributed by atoms with E-state index in [1.54, 1.807) is 0 Å². The SMILES string of the molecule is CCC(C/C(N)=N/O)Oc1ccc(C(C)(C)C)cc1C. The number of hydrogen-bond donors (Lipinski definition) is 2. The number of nitrogens with zero attached hydrogens (tertiary/aromatic N) is 1. The Bertz CT molecular complexity index is 476. The smallest absolute Gasteiger partial charge is 0.142 e. The Morgan fingerprint density at radius 2 is 2.05 bits per heavy atom. The molecule has 0 saturated carbocycles. The van der Waals surface area contributed by atoms with E-state index in [0.29, 0.717) is 6.42 Å². The Balaban J connectivity index is 2.87. The third kappa shape index (κ3) is 4.44. The van der Waals surface area contributed by atoms with Crippen molar-refractivity contribution in [2.45, 2.75) is 59.0 Å². The Morgan fingerprint density at radius 1 is 1.40 bits per heavy atom. The van der Waals surface area contributed by atoms with Crippen molar-refractivity contribution < 1.29 is 9.94 Å². The molecule has 0 aliphatic rings. The van der Waals surface area contributed by atoms with Crippen LogP contribution < -0.4 is 10.5 Å². The number of nitrogens with two attached hydrogens (primary N) is 1. The molecule has 0 aliphatic heterocycles. The second-order valence-corrected chi connectivity index (χ2v) is 6.17. The van der Waals surface area contributed by atoms with Crippen molar-refractivity contribution in [2.24, 2.45) is 10.9 Å². The fourth-order valence-corrected chi connectivity index (χ4v) is 1.97. The van der Waals surface area contributed by atoms with Crippen LogP contribution in [0.3, 0.4) is 0 Å². The number of oxime groups is 1. The van der Waals surface area contributed by atoms with Crippen LogP contribution in [0.25, 0.3) is 0 Å². The zero-order valence-electron chi connectivity index (χ0n) is 13.1. The normalized spacial score (nSPS) is 14.2. The van der Waals surface area contributed by atoms with Crippen LogP contribution in [0.15, 0.2) is 23.4 Å². The van der Waals surface area contributed by atoms with Crippen molar-refractivity contribution in [3.63, 3.8) is 0 Å². The van der Waals surface area contributed by atoms with E-state index in [2.05, 4.69) is 38.1 Å². The summed E-state index contributed by atoms with van der Waals surface area (Å²) in [5.41, 5.74) is 8.06. The number of amidine groups is 1. The predicted molar refractivity (Wildman–Crippen MR) is 82.6 cm³/mol. The van der Waals surface area contributed by atoms with Crippen LogP contribution in [0.1, 0.15) is 51.7 Å². The van der Waals surface area contributed by atoms with Crippen LogP contribution in [0.4, 0.5) is 0 Å². The zero-order chi connectivity index (χ0) is 15.3. The summed E-state index contributed by atoms with van der Waals surface area (Å²) in [7, 11) is 0. The molecule has 3 N–H and O–H groups in total. The lowest BCUT2D eigenvalue weighted by Gasteiger charge is -2.22. The number of ether oxygens (including phenoxy) is 1. The third-order valence-electron chi connectivity index (χ3n) is 3.36. The molecule has 1 rings (SSSR count). The lowest BCUT2D eigenvalue weighted by molar-refractivity contribution is 0.201. The second-order valence-electron chi connectivity index (χ2n) is 6.17. The first kappa shape index (κ1) is 16.3. The number of rotatable bonds is 5. The van der Waals surface area contributed by atoms with Gasteiger partial charge in [0.25, 0.3) is 0 Å². The average molecular weight is 278 g/mol. The van der Waals surface area contributed by atoms with Crippen LogP contribution in [0, 0.1) is 6.92 Å². The molecule has 4 heteroatoms. The van der Waals surface area contributed by atoms with Gasteiger partial charge in [-0.1, -0.05) is 45.0 Å². The first-order valence-corrected chi connectivity index (χ1v) is 7.02. The van der Waals surface area contributed by atoms with E-state index in [1.165, 1.54) is 5.56 Å². The van der Waals surface area contributed by atoms with Gasteiger partial charge in [-0.2, -0.15) is 0 Å². The van der Waals surface area contributed by atoms with E-state index >= 15 is 0 Å². The van der Waals surface area contributed by atoms with Crippen LogP contribution in [-0.2, 0) is 5.41 Å². The van der Waals surface area contributed by atoms with E-state index in [0.717, 1.165) is 17.7 Å². The van der Waals surface area contributed by atoms with Gasteiger partial charge in [-0.25, -0.2) is 0 Å². The molecular weight excluding hydrogens is 252 g/mol. The molecule has 1 aromatic rings. The molecule has 1 aromatic carbocycles. The highest BCUT2D eigenvalue weighted by Gasteiger charge is 2.16. The van der Waals surface area contributed by atoms with Gasteiger partial charge < -0.3 is 15.7 Å². The van der Waals surface area contributed by atoms with Gasteiger partial charge in [0.2, 0.25) is 0 Å². The molecule has 1 atom stereocenters. The van der Waals surface area contributed by atoms with Gasteiger partial charge >= 0.3 is 0 Å². The predicted octanol–water partition coefficient (Wildman–Crippen LogP) is 3.59. The summed E-state index contributed by atoms with van der Waals surface area (Å²) in [6.07, 6.45) is 1.15. The van der Waals surface area contributed by atoms with Crippen LogP contribution >= 0.6 is 0 Å². The van der Waals surface area contributed by atoms with Crippen LogP contribution in [0.5, 0.6) is 5.75 Å². The van der Waals surface area contributed by atoms with E-state index in [9.17, 15) is 0 Å². The molecule has 0 aliphatic carbocycles. The minimum atomic E-state index is -0.0786. The number of hydrogen-bond acceptors (Lipinski definition) is 3. The van der Waals surface area contributed by atoms with E-state index < -0.39 is 0 Å². The maximum absolute atomic E-state index is 8.63. The molecule has 20 heavy (non-hydrogen) atoms. The minimum Gasteiger partial charge on any atom is -0.490 e. The summed E-state index contributed by atoms with van der Waals surface area (Å²) in [4.78, 5) is 0. The van der Waals surface area contributed by atoms with Gasteiger partial charge in [0.15, 0.2) is 0 Å². The molecule has 1 unspecified atom stereocenters. The van der Waals surface area contributed by atoms with Crippen molar-refractivity contribution >= 4 is 5.84 Å². The van der Waals surface area contributed by atoms with Crippen LogP contribution in [-0.4, -0.2) is 17.1 Å². The Morgan fingerprint density at radius 3 is 2.50 bits per heavy atom. The monoisotopic (exact) mass is 278 g/mol. The molecule has 0 heterocycles. The average Bonchev–Trinajstić information content (AvgIpc) is 2.38. The highest BCUT2D eigenvalue weighted by Crippen LogP contribution is 2.28. The van der Waals surface area contributed by atoms with Crippen molar-refractivity contribution in [2.75, 3.05) is 0 Å². The number of benzene rings is 1. The molecule has 0 saturated heterocycles. The van der Waals surface area contributed by atoms with Gasteiger partial charge in [0.05, 0.1) is 0 Å². The highest BCUT2D eigenvalue weighted by molar-refractivity contribution is 5.80. The quantitative estimate of drug-likeness (QED) is 0.374. The molecule has 0 aromatic heterocycles. The standard InChI is InChI=1S/C16H26N2O2/c1-6-13(10-15(17)18-19)20-14-8-7-12(9-11(14)2)16(3,4)5/h7-9,13,19H,6,10H2,1-5H3,(H2,17,18). The van der Waals surface area contributed by atoms with Gasteiger partial charge in [-0.05, 0) is 36.0 Å². The zero-order valence-corrected chi connectivity index (χ0v) is 13.1. The van der Waals surface area contributed by atoms with Gasteiger partial charge in [0, 0.05) is 6.42 Å².